The number of rotatable bonds is 4. The van der Waals surface area contributed by atoms with E-state index in [-0.39, 0.29) is 6.04 Å². The van der Waals surface area contributed by atoms with Gasteiger partial charge in [-0.1, -0.05) is 0 Å². The fraction of sp³-hybridized carbons (Fsp3) is 0.400. The summed E-state index contributed by atoms with van der Waals surface area (Å²) in [6, 6.07) is 4.06. The van der Waals surface area contributed by atoms with E-state index in [2.05, 4.69) is 16.4 Å². The first-order chi connectivity index (χ1) is 6.77. The zero-order valence-electron chi connectivity index (χ0n) is 8.20. The van der Waals surface area contributed by atoms with E-state index in [9.17, 15) is 0 Å². The van der Waals surface area contributed by atoms with Crippen molar-refractivity contribution in [3.63, 3.8) is 0 Å². The molecule has 0 fully saturated rings. The van der Waals surface area contributed by atoms with Crippen LogP contribution in [0.25, 0.3) is 0 Å². The van der Waals surface area contributed by atoms with Gasteiger partial charge in [-0.05, 0) is 26.0 Å². The number of hydrogen-bond donors (Lipinski definition) is 2. The highest BCUT2D eigenvalue weighted by Crippen LogP contribution is 2.13. The molecule has 0 bridgehead atoms. The Hall–Kier alpha value is -1.60. The Labute approximate surface area is 83.8 Å². The van der Waals surface area contributed by atoms with E-state index in [0.29, 0.717) is 12.1 Å². The minimum absolute atomic E-state index is 0.260. The Balaban J connectivity index is 2.71. The Morgan fingerprint density at radius 2 is 2.50 bits per heavy atom. The Kier molecular flexibility index (Phi) is 3.89. The number of hydrogen-bond acceptors (Lipinski definition) is 4. The van der Waals surface area contributed by atoms with Crippen molar-refractivity contribution in [3.8, 4) is 6.07 Å². The summed E-state index contributed by atoms with van der Waals surface area (Å²) in [6.07, 6.45) is 4.14. The number of nitriles is 1. The Bertz CT molecular complexity index is 329. The minimum Gasteiger partial charge on any atom is -0.380 e. The first-order valence-corrected chi connectivity index (χ1v) is 4.58. The quantitative estimate of drug-likeness (QED) is 0.745. The van der Waals surface area contributed by atoms with Crippen molar-refractivity contribution >= 4 is 5.69 Å². The number of nitrogens with two attached hydrogens (primary N) is 1. The van der Waals surface area contributed by atoms with Crippen molar-refractivity contribution in [1.29, 1.82) is 5.26 Å². The summed E-state index contributed by atoms with van der Waals surface area (Å²) in [4.78, 5) is 3.96. The lowest BCUT2D eigenvalue weighted by molar-refractivity contribution is 0.716. The molecule has 0 amide bonds. The summed E-state index contributed by atoms with van der Waals surface area (Å²) >= 11 is 0. The monoisotopic (exact) mass is 190 g/mol. The predicted molar refractivity (Wildman–Crippen MR) is 55.7 cm³/mol. The van der Waals surface area contributed by atoms with Gasteiger partial charge in [-0.15, -0.1) is 0 Å². The van der Waals surface area contributed by atoms with Crippen LogP contribution in [-0.2, 0) is 0 Å². The average Bonchev–Trinajstić information content (AvgIpc) is 2.19. The van der Waals surface area contributed by atoms with Crippen molar-refractivity contribution in [2.24, 2.45) is 5.73 Å². The van der Waals surface area contributed by atoms with Crippen LogP contribution in [0.1, 0.15) is 18.9 Å². The zero-order valence-corrected chi connectivity index (χ0v) is 8.20. The highest BCUT2D eigenvalue weighted by atomic mass is 14.9. The fourth-order valence-electron chi connectivity index (χ4n) is 1.19. The van der Waals surface area contributed by atoms with Gasteiger partial charge in [0, 0.05) is 12.2 Å². The van der Waals surface area contributed by atoms with Gasteiger partial charge in [0.05, 0.1) is 17.4 Å². The first kappa shape index (κ1) is 10.5. The van der Waals surface area contributed by atoms with Crippen molar-refractivity contribution in [2.45, 2.75) is 19.4 Å². The molecule has 1 atom stereocenters. The van der Waals surface area contributed by atoms with E-state index in [0.717, 1.165) is 12.1 Å². The molecule has 14 heavy (non-hydrogen) atoms. The van der Waals surface area contributed by atoms with Gasteiger partial charge >= 0.3 is 0 Å². The van der Waals surface area contributed by atoms with Gasteiger partial charge in [-0.25, -0.2) is 0 Å². The lowest BCUT2D eigenvalue weighted by Gasteiger charge is -2.14. The molecule has 0 saturated heterocycles. The molecule has 0 saturated carbocycles. The number of nitrogens with zero attached hydrogens (tertiary/aromatic N) is 2. The molecule has 0 radical (unpaired) electrons. The van der Waals surface area contributed by atoms with E-state index < -0.39 is 0 Å². The summed E-state index contributed by atoms with van der Waals surface area (Å²) in [7, 11) is 0. The number of aromatic nitrogens is 1. The molecule has 0 aliphatic rings. The van der Waals surface area contributed by atoms with E-state index in [1.54, 1.807) is 18.5 Å². The molecule has 3 N–H and O–H groups in total. The molecule has 1 unspecified atom stereocenters. The predicted octanol–water partition coefficient (Wildman–Crippen LogP) is 1.10. The van der Waals surface area contributed by atoms with Crippen LogP contribution in [-0.4, -0.2) is 17.6 Å². The SMILES string of the molecule is CC(CCN)Nc1cnccc1C#N. The molecule has 0 spiro atoms. The van der Waals surface area contributed by atoms with Gasteiger partial charge in [-0.3, -0.25) is 4.98 Å². The number of pyridine rings is 1. The highest BCUT2D eigenvalue weighted by Gasteiger charge is 2.04. The standard InChI is InChI=1S/C10H14N4/c1-8(2-4-11)14-10-7-13-5-3-9(10)6-12/h3,5,7-8,14H,2,4,11H2,1H3. The van der Waals surface area contributed by atoms with Crippen molar-refractivity contribution in [3.05, 3.63) is 24.0 Å². The van der Waals surface area contributed by atoms with Crippen molar-refractivity contribution in [2.75, 3.05) is 11.9 Å². The van der Waals surface area contributed by atoms with Crippen LogP contribution in [0.15, 0.2) is 18.5 Å². The zero-order chi connectivity index (χ0) is 10.4. The molecule has 1 heterocycles. The molecule has 1 aromatic heterocycles. The normalized spacial score (nSPS) is 11.8. The third-order valence-electron chi connectivity index (χ3n) is 1.94. The van der Waals surface area contributed by atoms with Crippen LogP contribution < -0.4 is 11.1 Å². The largest absolute Gasteiger partial charge is 0.380 e. The summed E-state index contributed by atoms with van der Waals surface area (Å²) < 4.78 is 0. The number of nitrogens with one attached hydrogen (secondary N) is 1. The lowest BCUT2D eigenvalue weighted by atomic mass is 10.2. The number of anilines is 1. The minimum atomic E-state index is 0.260. The second kappa shape index (κ2) is 5.20. The molecular formula is C10H14N4. The molecule has 74 valence electrons. The van der Waals surface area contributed by atoms with Crippen LogP contribution in [0.2, 0.25) is 0 Å². The molecule has 1 rings (SSSR count). The summed E-state index contributed by atoms with van der Waals surface area (Å²) in [6.45, 7) is 2.66. The van der Waals surface area contributed by atoms with Crippen LogP contribution >= 0.6 is 0 Å². The molecule has 1 aromatic rings. The highest BCUT2D eigenvalue weighted by molar-refractivity contribution is 5.55. The van der Waals surface area contributed by atoms with Crippen LogP contribution in [0.5, 0.6) is 0 Å². The van der Waals surface area contributed by atoms with E-state index in [4.69, 9.17) is 11.0 Å². The molecule has 4 nitrogen and oxygen atoms in total. The summed E-state index contributed by atoms with van der Waals surface area (Å²) in [5.74, 6) is 0. The smallest absolute Gasteiger partial charge is 0.101 e. The van der Waals surface area contributed by atoms with Gasteiger partial charge in [0.1, 0.15) is 6.07 Å². The van der Waals surface area contributed by atoms with E-state index in [1.807, 2.05) is 6.92 Å². The first-order valence-electron chi connectivity index (χ1n) is 4.58. The molecule has 4 heteroatoms. The topological polar surface area (TPSA) is 74.7 Å². The maximum Gasteiger partial charge on any atom is 0.101 e. The van der Waals surface area contributed by atoms with Gasteiger partial charge in [0.25, 0.3) is 0 Å². The van der Waals surface area contributed by atoms with Gasteiger partial charge in [0.15, 0.2) is 0 Å². The molecule has 0 aromatic carbocycles. The Morgan fingerprint density at radius 1 is 1.71 bits per heavy atom. The second-order valence-corrected chi connectivity index (χ2v) is 3.16. The molecule has 0 aliphatic carbocycles. The van der Waals surface area contributed by atoms with E-state index >= 15 is 0 Å². The molecule has 0 aliphatic heterocycles. The lowest BCUT2D eigenvalue weighted by Crippen LogP contribution is -2.19. The van der Waals surface area contributed by atoms with E-state index in [1.165, 1.54) is 0 Å². The van der Waals surface area contributed by atoms with Gasteiger partial charge in [-0.2, -0.15) is 5.26 Å². The van der Waals surface area contributed by atoms with Gasteiger partial charge < -0.3 is 11.1 Å². The average molecular weight is 190 g/mol. The third-order valence-corrected chi connectivity index (χ3v) is 1.94. The van der Waals surface area contributed by atoms with Crippen molar-refractivity contribution < 1.29 is 0 Å². The van der Waals surface area contributed by atoms with Crippen LogP contribution in [0, 0.1) is 11.3 Å². The fourth-order valence-corrected chi connectivity index (χ4v) is 1.19. The molecular weight excluding hydrogens is 176 g/mol. The maximum atomic E-state index is 8.82. The Morgan fingerprint density at radius 3 is 3.14 bits per heavy atom. The van der Waals surface area contributed by atoms with Gasteiger partial charge in [0.2, 0.25) is 0 Å². The second-order valence-electron chi connectivity index (χ2n) is 3.16. The maximum absolute atomic E-state index is 8.82. The van der Waals surface area contributed by atoms with Crippen LogP contribution in [0.4, 0.5) is 5.69 Å². The van der Waals surface area contributed by atoms with Crippen LogP contribution in [0.3, 0.4) is 0 Å². The summed E-state index contributed by atoms with van der Waals surface area (Å²) in [5, 5.41) is 12.0. The van der Waals surface area contributed by atoms with Crippen molar-refractivity contribution in [1.82, 2.24) is 4.98 Å². The third kappa shape index (κ3) is 2.71. The summed E-state index contributed by atoms with van der Waals surface area (Å²) in [5.41, 5.74) is 6.82.